The molecule has 0 atom stereocenters. The van der Waals surface area contributed by atoms with Gasteiger partial charge in [-0.15, -0.1) is 0 Å². The van der Waals surface area contributed by atoms with E-state index in [0.717, 1.165) is 11.5 Å². The summed E-state index contributed by atoms with van der Waals surface area (Å²) < 4.78 is 1.93. The highest BCUT2D eigenvalue weighted by Gasteiger charge is 2.15. The van der Waals surface area contributed by atoms with E-state index in [1.54, 1.807) is 0 Å². The topological polar surface area (TPSA) is 0 Å². The Morgan fingerprint density at radius 1 is 0.842 bits per heavy atom. The molecule has 0 unspecified atom stereocenters. The van der Waals surface area contributed by atoms with Gasteiger partial charge in [0.15, 0.2) is 0 Å². The van der Waals surface area contributed by atoms with Crippen molar-refractivity contribution in [2.75, 3.05) is 0 Å². The Labute approximate surface area is 135 Å². The van der Waals surface area contributed by atoms with Gasteiger partial charge in [0.2, 0.25) is 0 Å². The van der Waals surface area contributed by atoms with Gasteiger partial charge >= 0.3 is 0 Å². The van der Waals surface area contributed by atoms with Crippen LogP contribution in [0.2, 0.25) is 0 Å². The number of rotatable bonds is 4. The fraction of sp³-hybridized carbons (Fsp3) is 0.625. The van der Waals surface area contributed by atoms with Crippen LogP contribution >= 0.6 is 39.5 Å². The summed E-state index contributed by atoms with van der Waals surface area (Å²) in [5.74, 6) is 2.14. The highest BCUT2D eigenvalue weighted by Crippen LogP contribution is 2.34. The lowest BCUT2D eigenvalue weighted by molar-refractivity contribution is 0.802. The molecular formula is C16H25BrS2. The molecule has 19 heavy (non-hydrogen) atoms. The van der Waals surface area contributed by atoms with Gasteiger partial charge in [-0.05, 0) is 11.1 Å². The van der Waals surface area contributed by atoms with Crippen LogP contribution in [0.25, 0.3) is 0 Å². The summed E-state index contributed by atoms with van der Waals surface area (Å²) in [6.07, 6.45) is 0. The van der Waals surface area contributed by atoms with Crippen molar-refractivity contribution < 1.29 is 0 Å². The van der Waals surface area contributed by atoms with Crippen LogP contribution in [0, 0.1) is 0 Å². The zero-order valence-corrected chi connectivity index (χ0v) is 16.1. The lowest BCUT2D eigenvalue weighted by Crippen LogP contribution is -2.08. The first-order valence-electron chi connectivity index (χ1n) is 6.63. The minimum absolute atomic E-state index is 0.315. The number of thioether (sulfide) groups is 2. The molecule has 1 rings (SSSR count). The van der Waals surface area contributed by atoms with Crippen LogP contribution in [-0.2, 0) is 11.5 Å². The molecule has 0 amide bonds. The molecule has 0 aromatic heterocycles. The Hall–Kier alpha value is 0.400. The van der Waals surface area contributed by atoms with Crippen molar-refractivity contribution in [1.82, 2.24) is 0 Å². The average Bonchev–Trinajstić information content (AvgIpc) is 2.23. The zero-order valence-electron chi connectivity index (χ0n) is 12.8. The third-order valence-electron chi connectivity index (χ3n) is 2.48. The molecule has 0 fully saturated rings. The summed E-state index contributed by atoms with van der Waals surface area (Å²) in [5.41, 5.74) is 2.82. The third-order valence-corrected chi connectivity index (χ3v) is 6.14. The van der Waals surface area contributed by atoms with E-state index in [1.165, 1.54) is 15.6 Å². The second kappa shape index (κ2) is 6.91. The molecular weight excluding hydrogens is 336 g/mol. The number of hydrogen-bond donors (Lipinski definition) is 0. The molecule has 0 spiro atoms. The Morgan fingerprint density at radius 2 is 1.21 bits per heavy atom. The molecule has 0 radical (unpaired) electrons. The fourth-order valence-corrected chi connectivity index (χ4v) is 4.02. The Bertz CT molecular complexity index is 377. The maximum absolute atomic E-state index is 3.79. The van der Waals surface area contributed by atoms with Gasteiger partial charge in [-0.25, -0.2) is 0 Å². The van der Waals surface area contributed by atoms with E-state index in [-0.39, 0.29) is 0 Å². The molecule has 3 heteroatoms. The average molecular weight is 361 g/mol. The van der Waals surface area contributed by atoms with Gasteiger partial charge in [0.05, 0.1) is 0 Å². The van der Waals surface area contributed by atoms with E-state index < -0.39 is 0 Å². The summed E-state index contributed by atoms with van der Waals surface area (Å²) in [6, 6.07) is 6.64. The van der Waals surface area contributed by atoms with Crippen molar-refractivity contribution >= 4 is 39.5 Å². The standard InChI is InChI=1S/C16H25BrS2/c1-15(2,3)18-10-12-8-7-9-13(14(12)17)11-19-16(4,5)6/h7-9H,10-11H2,1-6H3. The molecule has 0 saturated heterocycles. The zero-order chi connectivity index (χ0) is 14.7. The molecule has 1 aromatic rings. The summed E-state index contributed by atoms with van der Waals surface area (Å²) >= 11 is 7.78. The van der Waals surface area contributed by atoms with Gasteiger partial charge in [0, 0.05) is 25.5 Å². The van der Waals surface area contributed by atoms with E-state index >= 15 is 0 Å². The maximum atomic E-state index is 3.79. The Kier molecular flexibility index (Phi) is 6.34. The second-order valence-corrected chi connectivity index (χ2v) is 11.1. The first-order valence-corrected chi connectivity index (χ1v) is 9.39. The molecule has 0 bridgehead atoms. The van der Waals surface area contributed by atoms with Gasteiger partial charge in [0.25, 0.3) is 0 Å². The smallest absolute Gasteiger partial charge is 0.0256 e. The third kappa shape index (κ3) is 7.10. The minimum Gasteiger partial charge on any atom is -0.151 e. The first kappa shape index (κ1) is 17.5. The number of halogens is 1. The largest absolute Gasteiger partial charge is 0.151 e. The van der Waals surface area contributed by atoms with E-state index in [1.807, 2.05) is 23.5 Å². The number of hydrogen-bond acceptors (Lipinski definition) is 2. The van der Waals surface area contributed by atoms with Gasteiger partial charge in [-0.1, -0.05) is 75.7 Å². The normalized spacial score (nSPS) is 12.8. The van der Waals surface area contributed by atoms with Crippen molar-refractivity contribution in [2.45, 2.75) is 62.5 Å². The number of benzene rings is 1. The maximum Gasteiger partial charge on any atom is 0.0256 e. The predicted molar refractivity (Wildman–Crippen MR) is 96.2 cm³/mol. The summed E-state index contributed by atoms with van der Waals surface area (Å²) in [6.45, 7) is 13.6. The lowest BCUT2D eigenvalue weighted by Gasteiger charge is -2.20. The van der Waals surface area contributed by atoms with Crippen LogP contribution in [0.15, 0.2) is 22.7 Å². The molecule has 0 N–H and O–H groups in total. The highest BCUT2D eigenvalue weighted by atomic mass is 79.9. The Balaban J connectivity index is 2.75. The van der Waals surface area contributed by atoms with Gasteiger partial charge in [-0.3, -0.25) is 0 Å². The fourth-order valence-electron chi connectivity index (χ4n) is 1.44. The van der Waals surface area contributed by atoms with Gasteiger partial charge in [-0.2, -0.15) is 23.5 Å². The van der Waals surface area contributed by atoms with E-state index in [4.69, 9.17) is 0 Å². The quantitative estimate of drug-likeness (QED) is 0.599. The summed E-state index contributed by atoms with van der Waals surface area (Å²) in [5, 5.41) is 0. The highest BCUT2D eigenvalue weighted by molar-refractivity contribution is 9.10. The van der Waals surface area contributed by atoms with Crippen molar-refractivity contribution in [3.8, 4) is 0 Å². The van der Waals surface area contributed by atoms with Crippen LogP contribution < -0.4 is 0 Å². The van der Waals surface area contributed by atoms with E-state index in [2.05, 4.69) is 75.7 Å². The summed E-state index contributed by atoms with van der Waals surface area (Å²) in [7, 11) is 0. The second-order valence-electron chi connectivity index (χ2n) is 6.69. The molecule has 0 aliphatic rings. The molecule has 0 heterocycles. The molecule has 0 saturated carbocycles. The van der Waals surface area contributed by atoms with Crippen LogP contribution in [0.4, 0.5) is 0 Å². The van der Waals surface area contributed by atoms with Crippen molar-refractivity contribution in [1.29, 1.82) is 0 Å². The minimum atomic E-state index is 0.315. The monoisotopic (exact) mass is 360 g/mol. The van der Waals surface area contributed by atoms with Crippen molar-refractivity contribution in [3.63, 3.8) is 0 Å². The molecule has 0 aliphatic carbocycles. The lowest BCUT2D eigenvalue weighted by atomic mass is 10.2. The van der Waals surface area contributed by atoms with Crippen molar-refractivity contribution in [3.05, 3.63) is 33.8 Å². The molecule has 1 aromatic carbocycles. The molecule has 0 nitrogen and oxygen atoms in total. The van der Waals surface area contributed by atoms with Gasteiger partial charge in [0.1, 0.15) is 0 Å². The Morgan fingerprint density at radius 3 is 1.53 bits per heavy atom. The van der Waals surface area contributed by atoms with Crippen LogP contribution in [0.3, 0.4) is 0 Å². The van der Waals surface area contributed by atoms with E-state index in [0.29, 0.717) is 9.49 Å². The van der Waals surface area contributed by atoms with Crippen LogP contribution in [0.5, 0.6) is 0 Å². The SMILES string of the molecule is CC(C)(C)SCc1cccc(CSC(C)(C)C)c1Br. The first-order chi connectivity index (χ1) is 8.58. The molecule has 0 aliphatic heterocycles. The van der Waals surface area contributed by atoms with Gasteiger partial charge < -0.3 is 0 Å². The van der Waals surface area contributed by atoms with E-state index in [9.17, 15) is 0 Å². The van der Waals surface area contributed by atoms with Crippen LogP contribution in [-0.4, -0.2) is 9.49 Å². The van der Waals surface area contributed by atoms with Crippen molar-refractivity contribution in [2.24, 2.45) is 0 Å². The summed E-state index contributed by atoms with van der Waals surface area (Å²) in [4.78, 5) is 0. The molecule has 108 valence electrons. The van der Waals surface area contributed by atoms with Crippen LogP contribution in [0.1, 0.15) is 52.7 Å². The predicted octanol–water partition coefficient (Wildman–Crippen LogP) is 6.51.